The third kappa shape index (κ3) is 5.24. The van der Waals surface area contributed by atoms with Crippen LogP contribution in [0.15, 0.2) is 42.5 Å². The second-order valence-corrected chi connectivity index (χ2v) is 5.73. The summed E-state index contributed by atoms with van der Waals surface area (Å²) in [5.74, 6) is -0.159. The van der Waals surface area contributed by atoms with E-state index in [-0.39, 0.29) is 27.2 Å². The number of hydrogen-bond acceptors (Lipinski definition) is 4. The second kappa shape index (κ2) is 7.79. The molecule has 0 aliphatic heterocycles. The minimum Gasteiger partial charge on any atom is -0.410 e. The van der Waals surface area contributed by atoms with Gasteiger partial charge in [-0.1, -0.05) is 23.2 Å². The average Bonchev–Trinajstić information content (AvgIpc) is 2.55. The maximum absolute atomic E-state index is 12.8. The molecule has 0 spiro atoms. The molecular formula is C15H9Cl2F3N2O4. The van der Waals surface area contributed by atoms with Crippen LogP contribution in [-0.2, 0) is 0 Å². The molecule has 0 fully saturated rings. The smallest absolute Gasteiger partial charge is 0.410 e. The van der Waals surface area contributed by atoms with Crippen molar-refractivity contribution in [1.82, 2.24) is 0 Å². The predicted molar refractivity (Wildman–Crippen MR) is 89.0 cm³/mol. The normalized spacial score (nSPS) is 11.1. The Morgan fingerprint density at radius 3 is 2.23 bits per heavy atom. The number of nitrogens with zero attached hydrogens (tertiary/aromatic N) is 2. The van der Waals surface area contributed by atoms with Crippen molar-refractivity contribution in [3.05, 3.63) is 62.6 Å². The van der Waals surface area contributed by atoms with Gasteiger partial charge in [0.05, 0.1) is 15.0 Å². The van der Waals surface area contributed by atoms with Gasteiger partial charge in [-0.2, -0.15) is 13.2 Å². The highest BCUT2D eigenvalue weighted by molar-refractivity contribution is 6.42. The Hall–Kier alpha value is -2.52. The number of nitro groups is 1. The monoisotopic (exact) mass is 408 g/mol. The maximum atomic E-state index is 12.8. The number of amides is 1. The summed E-state index contributed by atoms with van der Waals surface area (Å²) < 4.78 is 43.4. The SMILES string of the molecule is O=C(Oc1ccc([N+](=O)[O-])cc1)N(CC(F)(F)F)c1ccc(Cl)c(Cl)c1. The molecule has 2 aromatic carbocycles. The number of hydrogen-bond donors (Lipinski definition) is 0. The summed E-state index contributed by atoms with van der Waals surface area (Å²) in [5, 5.41) is 10.6. The molecule has 26 heavy (non-hydrogen) atoms. The van der Waals surface area contributed by atoms with Crippen LogP contribution in [0.1, 0.15) is 0 Å². The Balaban J connectivity index is 2.27. The molecule has 6 nitrogen and oxygen atoms in total. The Morgan fingerprint density at radius 2 is 1.73 bits per heavy atom. The first-order valence-corrected chi connectivity index (χ1v) is 7.58. The Labute approximate surface area is 154 Å². The average molecular weight is 409 g/mol. The Morgan fingerprint density at radius 1 is 1.12 bits per heavy atom. The number of carbonyl (C=O) groups excluding carboxylic acids is 1. The number of carbonyl (C=O) groups is 1. The zero-order chi connectivity index (χ0) is 19.5. The first-order valence-electron chi connectivity index (χ1n) is 6.82. The number of nitro benzene ring substituents is 1. The molecule has 2 rings (SSSR count). The van der Waals surface area contributed by atoms with Gasteiger partial charge < -0.3 is 4.74 Å². The second-order valence-electron chi connectivity index (χ2n) is 4.92. The molecule has 11 heteroatoms. The number of ether oxygens (including phenoxy) is 1. The highest BCUT2D eigenvalue weighted by Gasteiger charge is 2.35. The highest BCUT2D eigenvalue weighted by Crippen LogP contribution is 2.30. The number of non-ortho nitro benzene ring substituents is 1. The molecule has 0 aliphatic carbocycles. The van der Waals surface area contributed by atoms with E-state index in [2.05, 4.69) is 0 Å². The van der Waals surface area contributed by atoms with Crippen molar-refractivity contribution in [2.75, 3.05) is 11.4 Å². The molecule has 2 aromatic rings. The minimum absolute atomic E-state index is 0.0422. The lowest BCUT2D eigenvalue weighted by Gasteiger charge is -2.23. The highest BCUT2D eigenvalue weighted by atomic mass is 35.5. The summed E-state index contributed by atoms with van der Waals surface area (Å²) in [7, 11) is 0. The summed E-state index contributed by atoms with van der Waals surface area (Å²) in [4.78, 5) is 22.4. The van der Waals surface area contributed by atoms with Gasteiger partial charge in [0.15, 0.2) is 0 Å². The van der Waals surface area contributed by atoms with E-state index in [4.69, 9.17) is 27.9 Å². The number of benzene rings is 2. The summed E-state index contributed by atoms with van der Waals surface area (Å²) in [6.45, 7) is -1.63. The number of rotatable bonds is 4. The molecule has 0 saturated carbocycles. The molecule has 0 heterocycles. The van der Waals surface area contributed by atoms with Crippen molar-refractivity contribution in [2.24, 2.45) is 0 Å². The largest absolute Gasteiger partial charge is 0.420 e. The van der Waals surface area contributed by atoms with Gasteiger partial charge in [-0.15, -0.1) is 0 Å². The molecule has 0 atom stereocenters. The molecule has 138 valence electrons. The van der Waals surface area contributed by atoms with Crippen LogP contribution in [0.25, 0.3) is 0 Å². The quantitative estimate of drug-likeness (QED) is 0.496. The number of anilines is 1. The van der Waals surface area contributed by atoms with Gasteiger partial charge in [-0.05, 0) is 30.3 Å². The van der Waals surface area contributed by atoms with Gasteiger partial charge in [0.25, 0.3) is 5.69 Å². The summed E-state index contributed by atoms with van der Waals surface area (Å²) in [5.41, 5.74) is -0.440. The summed E-state index contributed by atoms with van der Waals surface area (Å²) in [6.07, 6.45) is -6.05. The van der Waals surface area contributed by atoms with E-state index >= 15 is 0 Å². The molecule has 0 saturated heterocycles. The number of halogens is 5. The van der Waals surface area contributed by atoms with Gasteiger partial charge >= 0.3 is 12.3 Å². The van der Waals surface area contributed by atoms with E-state index in [1.807, 2.05) is 0 Å². The molecule has 0 radical (unpaired) electrons. The first kappa shape index (κ1) is 19.8. The lowest BCUT2D eigenvalue weighted by molar-refractivity contribution is -0.384. The van der Waals surface area contributed by atoms with Gasteiger partial charge in [-0.25, -0.2) is 4.79 Å². The molecular weight excluding hydrogens is 400 g/mol. The molecule has 0 aromatic heterocycles. The topological polar surface area (TPSA) is 72.7 Å². The fourth-order valence-corrected chi connectivity index (χ4v) is 2.18. The van der Waals surface area contributed by atoms with E-state index in [9.17, 15) is 28.1 Å². The van der Waals surface area contributed by atoms with Crippen LogP contribution >= 0.6 is 23.2 Å². The Bertz CT molecular complexity index is 829. The van der Waals surface area contributed by atoms with E-state index in [0.717, 1.165) is 30.3 Å². The molecule has 1 amide bonds. The molecule has 0 N–H and O–H groups in total. The first-order chi connectivity index (χ1) is 12.1. The van der Waals surface area contributed by atoms with Crippen LogP contribution < -0.4 is 9.64 Å². The lowest BCUT2D eigenvalue weighted by atomic mass is 10.3. The number of alkyl halides is 3. The van der Waals surface area contributed by atoms with Crippen molar-refractivity contribution in [1.29, 1.82) is 0 Å². The lowest BCUT2D eigenvalue weighted by Crippen LogP contribution is -2.40. The van der Waals surface area contributed by atoms with Crippen LogP contribution in [0.2, 0.25) is 10.0 Å². The van der Waals surface area contributed by atoms with Gasteiger partial charge in [0, 0.05) is 17.8 Å². The Kier molecular flexibility index (Phi) is 5.94. The van der Waals surface area contributed by atoms with Crippen molar-refractivity contribution in [2.45, 2.75) is 6.18 Å². The predicted octanol–water partition coefficient (Wildman–Crippen LogP) is 5.47. The van der Waals surface area contributed by atoms with Crippen LogP contribution in [0.5, 0.6) is 5.75 Å². The molecule has 0 unspecified atom stereocenters. The molecule has 0 aliphatic rings. The summed E-state index contributed by atoms with van der Waals surface area (Å²) in [6, 6.07) is 7.80. The fraction of sp³-hybridized carbons (Fsp3) is 0.133. The van der Waals surface area contributed by atoms with E-state index in [1.165, 1.54) is 12.1 Å². The standard InChI is InChI=1S/C15H9Cl2F3N2O4/c16-12-6-3-10(7-13(12)17)21(8-15(18,19)20)14(23)26-11-4-1-9(2-5-11)22(24)25/h1-7H,8H2. The van der Waals surface area contributed by atoms with Gasteiger partial charge in [0.2, 0.25) is 0 Å². The zero-order valence-electron chi connectivity index (χ0n) is 12.7. The third-order valence-electron chi connectivity index (χ3n) is 3.03. The minimum atomic E-state index is -4.71. The fourth-order valence-electron chi connectivity index (χ4n) is 1.89. The van der Waals surface area contributed by atoms with Gasteiger partial charge in [0.1, 0.15) is 12.3 Å². The zero-order valence-corrected chi connectivity index (χ0v) is 14.2. The van der Waals surface area contributed by atoms with Crippen molar-refractivity contribution < 1.29 is 27.6 Å². The maximum Gasteiger partial charge on any atom is 0.420 e. The van der Waals surface area contributed by atoms with Crippen LogP contribution in [0.4, 0.5) is 29.3 Å². The van der Waals surface area contributed by atoms with Gasteiger partial charge in [-0.3, -0.25) is 15.0 Å². The van der Waals surface area contributed by atoms with Crippen molar-refractivity contribution in [3.8, 4) is 5.75 Å². The van der Waals surface area contributed by atoms with E-state index in [1.54, 1.807) is 0 Å². The van der Waals surface area contributed by atoms with E-state index in [0.29, 0.717) is 4.90 Å². The molecule has 0 bridgehead atoms. The third-order valence-corrected chi connectivity index (χ3v) is 3.76. The van der Waals surface area contributed by atoms with Crippen LogP contribution in [0, 0.1) is 10.1 Å². The van der Waals surface area contributed by atoms with Crippen molar-refractivity contribution in [3.63, 3.8) is 0 Å². The van der Waals surface area contributed by atoms with Crippen LogP contribution in [-0.4, -0.2) is 23.7 Å². The summed E-state index contributed by atoms with van der Waals surface area (Å²) >= 11 is 11.5. The van der Waals surface area contributed by atoms with E-state index < -0.39 is 23.7 Å². The van der Waals surface area contributed by atoms with Crippen molar-refractivity contribution >= 4 is 40.7 Å². The van der Waals surface area contributed by atoms with Crippen LogP contribution in [0.3, 0.4) is 0 Å².